The minimum atomic E-state index is -1.93. The zero-order chi connectivity index (χ0) is 14.7. The van der Waals surface area contributed by atoms with Crippen LogP contribution in [0.2, 0.25) is 0 Å². The Hall–Kier alpha value is -0.764. The number of hydrogen-bond acceptors (Lipinski definition) is 3. The van der Waals surface area contributed by atoms with Crippen LogP contribution in [0.4, 0.5) is 22.3 Å². The first kappa shape index (κ1) is 36.2. The fourth-order valence-corrected chi connectivity index (χ4v) is 0.0345. The number of nitriles is 3. The van der Waals surface area contributed by atoms with Gasteiger partial charge in [-0.1, -0.05) is 20.6 Å². The topological polar surface area (TPSA) is 71.4 Å². The van der Waals surface area contributed by atoms with Crippen LogP contribution in [0.3, 0.4) is 0 Å². The fraction of sp³-hybridized carbons (Fsp3) is 0.300. The molecular weight excluding hydrogens is 296 g/mol. The van der Waals surface area contributed by atoms with Crippen molar-refractivity contribution in [1.29, 1.82) is 15.8 Å². The fourth-order valence-electron chi connectivity index (χ4n) is 0.0345. The van der Waals surface area contributed by atoms with Gasteiger partial charge in [-0.3, -0.25) is 0 Å². The van der Waals surface area contributed by atoms with Crippen molar-refractivity contribution in [2.75, 3.05) is 6.67 Å². The molecule has 0 saturated carbocycles. The van der Waals surface area contributed by atoms with E-state index < -0.39 is 18.7 Å². The Kier molecular flexibility index (Phi) is 82.6. The molecular formula is C10H15F5KN3. The summed E-state index contributed by atoms with van der Waals surface area (Å²) in [7, 11) is 0. The molecule has 0 aliphatic rings. The first-order valence-corrected chi connectivity index (χ1v) is 3.49. The average Bonchev–Trinajstić information content (AvgIpc) is 2.40. The molecule has 1 atom stereocenters. The summed E-state index contributed by atoms with van der Waals surface area (Å²) in [6.07, 6.45) is -0.745. The molecule has 0 amide bonds. The summed E-state index contributed by atoms with van der Waals surface area (Å²) >= 11 is 0. The summed E-state index contributed by atoms with van der Waals surface area (Å²) in [5.41, 5.74) is 0. The van der Waals surface area contributed by atoms with Gasteiger partial charge in [0.1, 0.15) is 18.8 Å². The number of hydrogen-bond donors (Lipinski definition) is 0. The summed E-state index contributed by atoms with van der Waals surface area (Å²) in [4.78, 5) is 0. The summed E-state index contributed by atoms with van der Waals surface area (Å²) in [6.45, 7) is 4.57. The Bertz CT molecular complexity index is 313. The first-order chi connectivity index (χ1) is 7.99. The molecule has 0 heterocycles. The van der Waals surface area contributed by atoms with E-state index in [9.17, 15) is 13.2 Å². The quantitative estimate of drug-likeness (QED) is 0.417. The van der Waals surface area contributed by atoms with Crippen LogP contribution < -0.4 is 51.4 Å². The maximum atomic E-state index is 11.1. The van der Waals surface area contributed by atoms with Crippen LogP contribution in [-0.4, -0.2) is 12.8 Å². The Balaban J connectivity index is -0.0000000176. The Morgan fingerprint density at radius 3 is 1.63 bits per heavy atom. The molecule has 1 unspecified atom stereocenters. The van der Waals surface area contributed by atoms with Crippen LogP contribution in [0.15, 0.2) is 25.1 Å². The SMILES string of the molecule is C.C=C(F)C#N.C=CC#N.FF.N#CC(F)CF.[H-].[HH].[K+]. The molecule has 0 aliphatic carbocycles. The standard InChI is InChI=1S/C3H3F2N.C3H2FN.C3H3N.CH4.F2.K.H2.H/c4-1-3(5)2-6;1-3(4)2-5;1-2-3-4;;1-2;;;/h3H,1H2;1H2;2H,1H2;1H4;;;1H;/q;;;;;+1;;-1. The van der Waals surface area contributed by atoms with Gasteiger partial charge in [-0.05, 0) is 0 Å². The number of rotatable bonds is 1. The van der Waals surface area contributed by atoms with Crippen molar-refractivity contribution in [1.82, 2.24) is 0 Å². The Morgan fingerprint density at radius 1 is 1.37 bits per heavy atom. The molecule has 0 aromatic heterocycles. The van der Waals surface area contributed by atoms with E-state index in [0.29, 0.717) is 0 Å². The molecule has 0 fully saturated rings. The maximum absolute atomic E-state index is 11.1. The third-order valence-corrected chi connectivity index (χ3v) is 0.488. The van der Waals surface area contributed by atoms with Gasteiger partial charge >= 0.3 is 51.4 Å². The van der Waals surface area contributed by atoms with Crippen LogP contribution in [0, 0.1) is 34.0 Å². The third-order valence-electron chi connectivity index (χ3n) is 0.488. The maximum Gasteiger partial charge on any atom is 1.00 e. The minimum Gasteiger partial charge on any atom is -1.00 e. The predicted molar refractivity (Wildman–Crippen MR) is 60.3 cm³/mol. The monoisotopic (exact) mass is 311 g/mol. The van der Waals surface area contributed by atoms with Gasteiger partial charge < -0.3 is 1.43 Å². The van der Waals surface area contributed by atoms with Gasteiger partial charge in [-0.2, -0.15) is 20.2 Å². The van der Waals surface area contributed by atoms with Crippen molar-refractivity contribution in [3.63, 3.8) is 0 Å². The van der Waals surface area contributed by atoms with E-state index >= 15 is 0 Å². The van der Waals surface area contributed by atoms with E-state index in [1.54, 1.807) is 6.07 Å². The van der Waals surface area contributed by atoms with Crippen LogP contribution in [0.5, 0.6) is 0 Å². The third kappa shape index (κ3) is 103. The minimum absolute atomic E-state index is 0. The smallest absolute Gasteiger partial charge is 1.00 e. The molecule has 0 N–H and O–H groups in total. The number of nitrogens with zero attached hydrogens (tertiary/aromatic N) is 3. The Morgan fingerprint density at radius 2 is 1.63 bits per heavy atom. The normalized spacial score (nSPS) is 6.63. The second-order valence-electron chi connectivity index (χ2n) is 1.60. The molecule has 0 spiro atoms. The van der Waals surface area contributed by atoms with Crippen LogP contribution >= 0.6 is 0 Å². The largest absolute Gasteiger partial charge is 1.00 e. The molecule has 3 nitrogen and oxygen atoms in total. The molecule has 0 aromatic carbocycles. The molecule has 0 saturated heterocycles. The van der Waals surface area contributed by atoms with Crippen LogP contribution in [0.1, 0.15) is 10.3 Å². The molecule has 9 heteroatoms. The summed E-state index contributed by atoms with van der Waals surface area (Å²) in [6, 6.07) is 3.93. The van der Waals surface area contributed by atoms with Crippen molar-refractivity contribution >= 4 is 0 Å². The molecule has 19 heavy (non-hydrogen) atoms. The van der Waals surface area contributed by atoms with E-state index in [1.807, 2.05) is 0 Å². The summed E-state index contributed by atoms with van der Waals surface area (Å²) in [5.74, 6) is -0.940. The van der Waals surface area contributed by atoms with Crippen LogP contribution in [-0.2, 0) is 0 Å². The molecule has 0 radical (unpaired) electrons. The van der Waals surface area contributed by atoms with Crippen molar-refractivity contribution in [3.05, 3.63) is 25.1 Å². The molecule has 0 bridgehead atoms. The van der Waals surface area contributed by atoms with Crippen molar-refractivity contribution in [3.8, 4) is 18.2 Å². The number of allylic oxidation sites excluding steroid dienone is 2. The van der Waals surface area contributed by atoms with Gasteiger partial charge in [-0.15, -0.1) is 0 Å². The van der Waals surface area contributed by atoms with Gasteiger partial charge in [0.2, 0.25) is 6.17 Å². The van der Waals surface area contributed by atoms with Gasteiger partial charge in [0, 0.05) is 16.7 Å². The van der Waals surface area contributed by atoms with E-state index in [0.717, 1.165) is 6.07 Å². The van der Waals surface area contributed by atoms with E-state index in [-0.39, 0.29) is 61.7 Å². The zero-order valence-corrected chi connectivity index (χ0v) is 12.6. The van der Waals surface area contributed by atoms with Crippen molar-refractivity contribution in [2.24, 2.45) is 0 Å². The van der Waals surface area contributed by atoms with E-state index in [4.69, 9.17) is 24.9 Å². The second kappa shape index (κ2) is 43.4. The molecule has 0 aromatic rings. The average molecular weight is 311 g/mol. The summed E-state index contributed by atoms with van der Waals surface area (Å²) in [5, 5.41) is 22.4. The van der Waals surface area contributed by atoms with Gasteiger partial charge in [0.15, 0.2) is 5.83 Å². The van der Waals surface area contributed by atoms with Gasteiger partial charge in [0.25, 0.3) is 0 Å². The zero-order valence-electron chi connectivity index (χ0n) is 10.5. The second-order valence-corrected chi connectivity index (χ2v) is 1.60. The summed E-state index contributed by atoms with van der Waals surface area (Å²) < 4.78 is 48.8. The van der Waals surface area contributed by atoms with Crippen molar-refractivity contribution in [2.45, 2.75) is 13.6 Å². The number of alkyl halides is 2. The molecule has 106 valence electrons. The van der Waals surface area contributed by atoms with E-state index in [2.05, 4.69) is 13.2 Å². The van der Waals surface area contributed by atoms with Crippen LogP contribution in [0.25, 0.3) is 0 Å². The predicted octanol–water partition coefficient (Wildman–Crippen LogP) is 1.35. The Labute approximate surface area is 154 Å². The van der Waals surface area contributed by atoms with Gasteiger partial charge in [0.05, 0.1) is 6.07 Å². The molecule has 0 rings (SSSR count). The van der Waals surface area contributed by atoms with Crippen molar-refractivity contribution < 1.29 is 76.6 Å². The van der Waals surface area contributed by atoms with E-state index in [1.165, 1.54) is 12.1 Å². The van der Waals surface area contributed by atoms with Gasteiger partial charge in [-0.25, -0.2) is 8.78 Å². The first-order valence-electron chi connectivity index (χ1n) is 3.49. The molecule has 0 aliphatic heterocycles. The number of halogens is 5.